The third-order valence-corrected chi connectivity index (χ3v) is 4.79. The number of ether oxygens (including phenoxy) is 1. The van der Waals surface area contributed by atoms with Crippen LogP contribution in [0, 0.1) is 10.1 Å². The summed E-state index contributed by atoms with van der Waals surface area (Å²) < 4.78 is 5.10. The fraction of sp³-hybridized carbons (Fsp3) is 0.105. The standard InChI is InChI=1S/C19H14N2O7S/c22-17(23)11-28-15-3-1-2-13(8-15)9-16-18(24)20(19(25)29-16)10-12-4-6-14(7-5-12)21(26)27/h1-9H,10-11H2,(H,22,23)/b16-9-. The van der Waals surface area contributed by atoms with Crippen molar-refractivity contribution >= 4 is 40.6 Å². The molecule has 1 N–H and O–H groups in total. The van der Waals surface area contributed by atoms with E-state index in [-0.39, 0.29) is 17.1 Å². The summed E-state index contributed by atoms with van der Waals surface area (Å²) in [5.74, 6) is -1.26. The number of carboxylic acid groups (broad SMARTS) is 1. The second-order valence-corrected chi connectivity index (χ2v) is 6.94. The molecule has 2 aromatic rings. The van der Waals surface area contributed by atoms with Gasteiger partial charge in [-0.15, -0.1) is 0 Å². The largest absolute Gasteiger partial charge is 0.482 e. The molecule has 0 atom stereocenters. The van der Waals surface area contributed by atoms with Crippen LogP contribution in [-0.2, 0) is 16.1 Å². The molecule has 0 radical (unpaired) electrons. The monoisotopic (exact) mass is 414 g/mol. The molecule has 1 aliphatic rings. The molecule has 1 fully saturated rings. The molecular weight excluding hydrogens is 400 g/mol. The molecule has 1 saturated heterocycles. The zero-order valence-electron chi connectivity index (χ0n) is 14.8. The van der Waals surface area contributed by atoms with Gasteiger partial charge in [0.05, 0.1) is 16.4 Å². The van der Waals surface area contributed by atoms with E-state index in [0.29, 0.717) is 16.9 Å². The summed E-state index contributed by atoms with van der Waals surface area (Å²) in [5.41, 5.74) is 1.09. The fourth-order valence-corrected chi connectivity index (χ4v) is 3.37. The lowest BCUT2D eigenvalue weighted by Gasteiger charge is -2.12. The number of amides is 2. The Labute approximate surface area is 168 Å². The van der Waals surface area contributed by atoms with Crippen molar-refractivity contribution in [1.82, 2.24) is 4.90 Å². The van der Waals surface area contributed by atoms with Gasteiger partial charge >= 0.3 is 5.97 Å². The fourth-order valence-electron chi connectivity index (χ4n) is 2.53. The van der Waals surface area contributed by atoms with Crippen LogP contribution in [0.4, 0.5) is 10.5 Å². The minimum atomic E-state index is -1.11. The van der Waals surface area contributed by atoms with Crippen LogP contribution >= 0.6 is 11.8 Å². The summed E-state index contributed by atoms with van der Waals surface area (Å²) in [7, 11) is 0. The number of nitro groups is 1. The first-order valence-corrected chi connectivity index (χ1v) is 9.08. The van der Waals surface area contributed by atoms with Gasteiger partial charge in [0.2, 0.25) is 0 Å². The predicted molar refractivity (Wildman–Crippen MR) is 104 cm³/mol. The second kappa shape index (κ2) is 8.57. The molecule has 0 aromatic heterocycles. The minimum absolute atomic E-state index is 0.00175. The number of nitro benzene ring substituents is 1. The van der Waals surface area contributed by atoms with Gasteiger partial charge in [-0.3, -0.25) is 24.6 Å². The lowest BCUT2D eigenvalue weighted by molar-refractivity contribution is -0.384. The molecule has 2 aromatic carbocycles. The van der Waals surface area contributed by atoms with Gasteiger partial charge in [-0.1, -0.05) is 24.3 Å². The molecule has 9 nitrogen and oxygen atoms in total. The van der Waals surface area contributed by atoms with E-state index in [0.717, 1.165) is 16.7 Å². The molecule has 2 amide bonds. The summed E-state index contributed by atoms with van der Waals surface area (Å²) in [6.07, 6.45) is 1.52. The molecule has 3 rings (SSSR count). The molecular formula is C19H14N2O7S. The van der Waals surface area contributed by atoms with Crippen molar-refractivity contribution in [1.29, 1.82) is 0 Å². The average Bonchev–Trinajstić information content (AvgIpc) is 2.94. The summed E-state index contributed by atoms with van der Waals surface area (Å²) in [4.78, 5) is 46.9. The van der Waals surface area contributed by atoms with Gasteiger partial charge in [0.25, 0.3) is 16.8 Å². The van der Waals surface area contributed by atoms with Crippen LogP contribution < -0.4 is 4.74 Å². The summed E-state index contributed by atoms with van der Waals surface area (Å²) in [5, 5.41) is 18.9. The van der Waals surface area contributed by atoms with Crippen LogP contribution in [0.2, 0.25) is 0 Å². The van der Waals surface area contributed by atoms with E-state index in [1.807, 2.05) is 0 Å². The number of nitrogens with zero attached hydrogens (tertiary/aromatic N) is 2. The molecule has 1 heterocycles. The smallest absolute Gasteiger partial charge is 0.341 e. The molecule has 10 heteroatoms. The Bertz CT molecular complexity index is 1020. The first kappa shape index (κ1) is 20.1. The zero-order valence-corrected chi connectivity index (χ0v) is 15.6. The van der Waals surface area contributed by atoms with E-state index in [1.54, 1.807) is 24.3 Å². The number of carbonyl (C=O) groups excluding carboxylic acids is 2. The molecule has 0 spiro atoms. The topological polar surface area (TPSA) is 127 Å². The van der Waals surface area contributed by atoms with Crippen molar-refractivity contribution in [2.45, 2.75) is 6.54 Å². The van der Waals surface area contributed by atoms with Crippen molar-refractivity contribution in [3.63, 3.8) is 0 Å². The number of rotatable bonds is 7. The van der Waals surface area contributed by atoms with E-state index in [1.165, 1.54) is 30.3 Å². The maximum absolute atomic E-state index is 12.6. The highest BCUT2D eigenvalue weighted by atomic mass is 32.2. The van der Waals surface area contributed by atoms with Gasteiger partial charge in [0, 0.05) is 12.1 Å². The third kappa shape index (κ3) is 4.99. The predicted octanol–water partition coefficient (Wildman–Crippen LogP) is 3.29. The van der Waals surface area contributed by atoms with Gasteiger partial charge in [-0.05, 0) is 41.1 Å². The average molecular weight is 414 g/mol. The number of imide groups is 1. The maximum Gasteiger partial charge on any atom is 0.341 e. The van der Waals surface area contributed by atoms with E-state index in [9.17, 15) is 24.5 Å². The minimum Gasteiger partial charge on any atom is -0.482 e. The Morgan fingerprint density at radius 3 is 2.59 bits per heavy atom. The maximum atomic E-state index is 12.6. The summed E-state index contributed by atoms with van der Waals surface area (Å²) >= 11 is 0.783. The van der Waals surface area contributed by atoms with E-state index < -0.39 is 28.6 Å². The number of benzene rings is 2. The Balaban J connectivity index is 1.73. The number of hydrogen-bond donors (Lipinski definition) is 1. The normalized spacial score (nSPS) is 15.0. The van der Waals surface area contributed by atoms with Crippen LogP contribution in [0.5, 0.6) is 5.75 Å². The Morgan fingerprint density at radius 2 is 1.93 bits per heavy atom. The Hall–Kier alpha value is -3.66. The van der Waals surface area contributed by atoms with Crippen LogP contribution in [0.3, 0.4) is 0 Å². The highest BCUT2D eigenvalue weighted by molar-refractivity contribution is 8.18. The summed E-state index contributed by atoms with van der Waals surface area (Å²) in [6.45, 7) is -0.489. The molecule has 0 saturated carbocycles. The number of aliphatic carboxylic acids is 1. The van der Waals surface area contributed by atoms with Gasteiger partial charge in [-0.25, -0.2) is 4.79 Å². The zero-order chi connectivity index (χ0) is 21.0. The van der Waals surface area contributed by atoms with Crippen LogP contribution in [0.15, 0.2) is 53.4 Å². The Kier molecular flexibility index (Phi) is 5.93. The van der Waals surface area contributed by atoms with Crippen LogP contribution in [0.1, 0.15) is 11.1 Å². The van der Waals surface area contributed by atoms with Crippen molar-refractivity contribution in [3.8, 4) is 5.75 Å². The highest BCUT2D eigenvalue weighted by Crippen LogP contribution is 2.33. The summed E-state index contributed by atoms with van der Waals surface area (Å²) in [6, 6.07) is 12.1. The van der Waals surface area contributed by atoms with Crippen molar-refractivity contribution in [3.05, 3.63) is 74.7 Å². The highest BCUT2D eigenvalue weighted by Gasteiger charge is 2.35. The van der Waals surface area contributed by atoms with E-state index >= 15 is 0 Å². The lowest BCUT2D eigenvalue weighted by Crippen LogP contribution is -2.27. The molecule has 1 aliphatic heterocycles. The molecule has 0 bridgehead atoms. The Morgan fingerprint density at radius 1 is 1.21 bits per heavy atom. The van der Waals surface area contributed by atoms with Gasteiger partial charge in [-0.2, -0.15) is 0 Å². The molecule has 0 unspecified atom stereocenters. The van der Waals surface area contributed by atoms with E-state index in [2.05, 4.69) is 0 Å². The van der Waals surface area contributed by atoms with Crippen molar-refractivity contribution in [2.24, 2.45) is 0 Å². The van der Waals surface area contributed by atoms with Crippen LogP contribution in [-0.4, -0.2) is 38.7 Å². The van der Waals surface area contributed by atoms with Gasteiger partial charge in [0.15, 0.2) is 6.61 Å². The van der Waals surface area contributed by atoms with Crippen molar-refractivity contribution < 1.29 is 29.2 Å². The van der Waals surface area contributed by atoms with Gasteiger partial charge < -0.3 is 9.84 Å². The van der Waals surface area contributed by atoms with Crippen molar-refractivity contribution in [2.75, 3.05) is 6.61 Å². The third-order valence-electron chi connectivity index (χ3n) is 3.88. The van der Waals surface area contributed by atoms with E-state index in [4.69, 9.17) is 9.84 Å². The first-order valence-electron chi connectivity index (χ1n) is 8.27. The number of non-ortho nitro benzene ring substituents is 1. The number of hydrogen-bond acceptors (Lipinski definition) is 7. The lowest BCUT2D eigenvalue weighted by atomic mass is 10.2. The molecule has 29 heavy (non-hydrogen) atoms. The second-order valence-electron chi connectivity index (χ2n) is 5.95. The quantitative estimate of drug-likeness (QED) is 0.415. The van der Waals surface area contributed by atoms with Gasteiger partial charge in [0.1, 0.15) is 5.75 Å². The first-order chi connectivity index (χ1) is 13.8. The number of carbonyl (C=O) groups is 3. The number of thioether (sulfide) groups is 1. The molecule has 0 aliphatic carbocycles. The SMILES string of the molecule is O=C(O)COc1cccc(/C=C2\SC(=O)N(Cc3ccc([N+](=O)[O-])cc3)C2=O)c1. The molecule has 148 valence electrons. The van der Waals surface area contributed by atoms with Crippen LogP contribution in [0.25, 0.3) is 6.08 Å². The number of carboxylic acids is 1.